The first kappa shape index (κ1) is 13.0. The van der Waals surface area contributed by atoms with E-state index in [-0.39, 0.29) is 11.9 Å². The van der Waals surface area contributed by atoms with Crippen molar-refractivity contribution in [1.29, 1.82) is 0 Å². The van der Waals surface area contributed by atoms with Gasteiger partial charge in [0.2, 0.25) is 0 Å². The van der Waals surface area contributed by atoms with E-state index in [0.717, 1.165) is 25.0 Å². The first-order valence-electron chi connectivity index (χ1n) is 6.21. The van der Waals surface area contributed by atoms with Crippen LogP contribution in [-0.2, 0) is 6.18 Å². The number of alkyl halides is 3. The van der Waals surface area contributed by atoms with Crippen molar-refractivity contribution in [3.63, 3.8) is 0 Å². The molecule has 1 aromatic rings. The summed E-state index contributed by atoms with van der Waals surface area (Å²) >= 11 is 0. The van der Waals surface area contributed by atoms with Gasteiger partial charge < -0.3 is 10.6 Å². The van der Waals surface area contributed by atoms with Crippen LogP contribution in [-0.4, -0.2) is 22.8 Å². The molecule has 0 radical (unpaired) electrons. The molecular weight excluding hydrogens is 271 g/mol. The second-order valence-corrected chi connectivity index (χ2v) is 4.98. The Morgan fingerprint density at radius 1 is 1.30 bits per heavy atom. The van der Waals surface area contributed by atoms with Crippen LogP contribution in [0.25, 0.3) is 0 Å². The lowest BCUT2D eigenvalue weighted by molar-refractivity contribution is -0.137. The van der Waals surface area contributed by atoms with Crippen LogP contribution < -0.4 is 5.73 Å². The van der Waals surface area contributed by atoms with E-state index in [2.05, 4.69) is 4.99 Å². The topological polar surface area (TPSA) is 58.7 Å². The molecule has 0 saturated heterocycles. The molecule has 4 nitrogen and oxygen atoms in total. The van der Waals surface area contributed by atoms with Crippen molar-refractivity contribution in [2.75, 3.05) is 0 Å². The zero-order chi connectivity index (χ0) is 14.5. The number of amidine groups is 1. The van der Waals surface area contributed by atoms with Crippen LogP contribution in [0.5, 0.6) is 0 Å². The summed E-state index contributed by atoms with van der Waals surface area (Å²) in [6.45, 7) is 0. The maximum absolute atomic E-state index is 12.8. The minimum Gasteiger partial charge on any atom is -0.385 e. The molecule has 7 heteroatoms. The second-order valence-electron chi connectivity index (χ2n) is 4.98. The van der Waals surface area contributed by atoms with Crippen LogP contribution in [0.4, 0.5) is 18.0 Å². The maximum Gasteiger partial charge on any atom is 0.416 e. The number of carbonyl (C=O) groups is 1. The van der Waals surface area contributed by atoms with Crippen LogP contribution in [0.3, 0.4) is 0 Å². The molecule has 2 amide bonds. The molecule has 0 bridgehead atoms. The van der Waals surface area contributed by atoms with E-state index in [1.165, 1.54) is 17.0 Å². The van der Waals surface area contributed by atoms with E-state index in [4.69, 9.17) is 5.73 Å². The zero-order valence-corrected chi connectivity index (χ0v) is 10.4. The van der Waals surface area contributed by atoms with Crippen molar-refractivity contribution in [2.24, 2.45) is 10.7 Å². The highest BCUT2D eigenvalue weighted by atomic mass is 19.4. The molecule has 1 saturated carbocycles. The minimum absolute atomic E-state index is 0.0341. The Bertz CT molecular complexity index is 593. The standard InChI is InChI=1S/C13H12F3N3O/c14-13(15,16)8-3-1-2-7(6-8)10-11(17)18-12(20)19(10)9-4-5-9/h1-3,6,9-10H,4-5H2,(H2,17,18,20). The third-order valence-electron chi connectivity index (χ3n) is 3.47. The molecule has 1 aromatic carbocycles. The smallest absolute Gasteiger partial charge is 0.385 e. The van der Waals surface area contributed by atoms with Gasteiger partial charge >= 0.3 is 12.2 Å². The van der Waals surface area contributed by atoms with E-state index in [1.54, 1.807) is 0 Å². The fourth-order valence-electron chi connectivity index (χ4n) is 2.42. The Morgan fingerprint density at radius 3 is 2.60 bits per heavy atom. The number of carbonyl (C=O) groups excluding carboxylic acids is 1. The Kier molecular flexibility index (Phi) is 2.74. The van der Waals surface area contributed by atoms with Crippen molar-refractivity contribution in [3.05, 3.63) is 35.4 Å². The van der Waals surface area contributed by atoms with Crippen LogP contribution in [0.2, 0.25) is 0 Å². The summed E-state index contributed by atoms with van der Waals surface area (Å²) in [6.07, 6.45) is -2.75. The molecule has 106 valence electrons. The molecule has 0 spiro atoms. The highest BCUT2D eigenvalue weighted by Crippen LogP contribution is 2.39. The predicted molar refractivity (Wildman–Crippen MR) is 66.1 cm³/mol. The molecule has 1 atom stereocenters. The van der Waals surface area contributed by atoms with Crippen LogP contribution in [0.1, 0.15) is 30.0 Å². The molecule has 20 heavy (non-hydrogen) atoms. The van der Waals surface area contributed by atoms with Gasteiger partial charge in [-0.2, -0.15) is 18.2 Å². The average Bonchev–Trinajstić information content (AvgIpc) is 3.14. The SMILES string of the molecule is NC1=NC(=O)N(C2CC2)C1c1cccc(C(F)(F)F)c1. The van der Waals surface area contributed by atoms with E-state index >= 15 is 0 Å². The third kappa shape index (κ3) is 2.13. The molecule has 2 N–H and O–H groups in total. The van der Waals surface area contributed by atoms with Crippen molar-refractivity contribution in [2.45, 2.75) is 31.1 Å². The van der Waals surface area contributed by atoms with Gasteiger partial charge in [0.1, 0.15) is 11.9 Å². The zero-order valence-electron chi connectivity index (χ0n) is 10.4. The van der Waals surface area contributed by atoms with Crippen LogP contribution in [0.15, 0.2) is 29.3 Å². The maximum atomic E-state index is 12.8. The molecule has 1 fully saturated rings. The van der Waals surface area contributed by atoms with Gasteiger partial charge in [0.15, 0.2) is 0 Å². The van der Waals surface area contributed by atoms with Crippen molar-refractivity contribution in [1.82, 2.24) is 4.90 Å². The Balaban J connectivity index is 1.99. The highest BCUT2D eigenvalue weighted by molar-refractivity contribution is 6.03. The normalized spacial score (nSPS) is 23.1. The summed E-state index contributed by atoms with van der Waals surface area (Å²) < 4.78 is 38.3. The Morgan fingerprint density at radius 2 is 2.00 bits per heavy atom. The Labute approximate surface area is 113 Å². The molecule has 1 aliphatic heterocycles. The molecule has 2 aliphatic rings. The number of amides is 2. The number of aliphatic imine (C=N–C) groups is 1. The van der Waals surface area contributed by atoms with Gasteiger partial charge in [-0.3, -0.25) is 0 Å². The fourth-order valence-corrected chi connectivity index (χ4v) is 2.42. The first-order chi connectivity index (χ1) is 9.38. The van der Waals surface area contributed by atoms with Crippen molar-refractivity contribution < 1.29 is 18.0 Å². The summed E-state index contributed by atoms with van der Waals surface area (Å²) in [5, 5.41) is 0. The predicted octanol–water partition coefficient (Wildman–Crippen LogP) is 2.70. The number of rotatable bonds is 2. The van der Waals surface area contributed by atoms with Crippen molar-refractivity contribution in [3.8, 4) is 0 Å². The quantitative estimate of drug-likeness (QED) is 0.907. The average molecular weight is 283 g/mol. The molecular formula is C13H12F3N3O. The van der Waals surface area contributed by atoms with Gasteiger partial charge in [0, 0.05) is 6.04 Å². The molecule has 0 aromatic heterocycles. The monoisotopic (exact) mass is 283 g/mol. The van der Waals surface area contributed by atoms with Gasteiger partial charge in [-0.15, -0.1) is 0 Å². The number of halogens is 3. The molecule has 1 unspecified atom stereocenters. The van der Waals surface area contributed by atoms with Crippen molar-refractivity contribution >= 4 is 11.9 Å². The van der Waals surface area contributed by atoms with Crippen LogP contribution >= 0.6 is 0 Å². The second kappa shape index (κ2) is 4.22. The lowest BCUT2D eigenvalue weighted by Crippen LogP contribution is -2.35. The van der Waals surface area contributed by atoms with Gasteiger partial charge in [0.25, 0.3) is 0 Å². The lowest BCUT2D eigenvalue weighted by atomic mass is 10.0. The summed E-state index contributed by atoms with van der Waals surface area (Å²) in [4.78, 5) is 16.9. The van der Waals surface area contributed by atoms with Gasteiger partial charge in [-0.25, -0.2) is 4.79 Å². The number of nitrogens with two attached hydrogens (primary N) is 1. The summed E-state index contributed by atoms with van der Waals surface area (Å²) in [5.74, 6) is 0.0567. The lowest BCUT2D eigenvalue weighted by Gasteiger charge is -2.24. The van der Waals surface area contributed by atoms with Crippen LogP contribution in [0, 0.1) is 0 Å². The van der Waals surface area contributed by atoms with E-state index < -0.39 is 23.8 Å². The summed E-state index contributed by atoms with van der Waals surface area (Å²) in [5.41, 5.74) is 5.32. The highest BCUT2D eigenvalue weighted by Gasteiger charge is 2.44. The number of urea groups is 1. The van der Waals surface area contributed by atoms with E-state index in [1.807, 2.05) is 0 Å². The molecule has 1 heterocycles. The first-order valence-corrected chi connectivity index (χ1v) is 6.21. The minimum atomic E-state index is -4.42. The number of nitrogens with zero attached hydrogens (tertiary/aromatic N) is 2. The van der Waals surface area contributed by atoms with Gasteiger partial charge in [0.05, 0.1) is 5.56 Å². The third-order valence-corrected chi connectivity index (χ3v) is 3.47. The summed E-state index contributed by atoms with van der Waals surface area (Å²) in [7, 11) is 0. The van der Waals surface area contributed by atoms with E-state index in [9.17, 15) is 18.0 Å². The number of hydrogen-bond donors (Lipinski definition) is 1. The molecule has 1 aliphatic carbocycles. The largest absolute Gasteiger partial charge is 0.416 e. The van der Waals surface area contributed by atoms with Gasteiger partial charge in [-0.1, -0.05) is 12.1 Å². The number of benzene rings is 1. The molecule has 3 rings (SSSR count). The van der Waals surface area contributed by atoms with E-state index in [0.29, 0.717) is 5.56 Å². The Hall–Kier alpha value is -2.05. The number of hydrogen-bond acceptors (Lipinski definition) is 2. The summed E-state index contributed by atoms with van der Waals surface area (Å²) in [6, 6.07) is 3.77. The fraction of sp³-hybridized carbons (Fsp3) is 0.385. The van der Waals surface area contributed by atoms with Gasteiger partial charge in [-0.05, 0) is 30.5 Å².